The van der Waals surface area contributed by atoms with Crippen molar-refractivity contribution in [1.29, 1.82) is 0 Å². The molecule has 28 heavy (non-hydrogen) atoms. The quantitative estimate of drug-likeness (QED) is 0.302. The zero-order valence-electron chi connectivity index (χ0n) is 15.4. The van der Waals surface area contributed by atoms with Gasteiger partial charge in [0.15, 0.2) is 0 Å². The first-order valence-corrected chi connectivity index (χ1v) is 8.78. The van der Waals surface area contributed by atoms with Crippen molar-refractivity contribution < 1.29 is 45.0 Å². The van der Waals surface area contributed by atoms with Crippen LogP contribution in [0.1, 0.15) is 0 Å². The second-order valence-corrected chi connectivity index (χ2v) is 6.34. The Morgan fingerprint density at radius 2 is 0.964 bits per heavy atom. The fraction of sp³-hybridized carbons (Fsp3) is 0.800. The summed E-state index contributed by atoms with van der Waals surface area (Å²) in [6.07, 6.45) is -5.08. The van der Waals surface area contributed by atoms with Gasteiger partial charge in [-0.2, -0.15) is 0 Å². The zero-order valence-corrected chi connectivity index (χ0v) is 15.4. The molecule has 162 valence electrons. The summed E-state index contributed by atoms with van der Waals surface area (Å²) < 4.78 is 0. The minimum absolute atomic E-state index is 0.0507. The maximum absolute atomic E-state index is 11.4. The lowest BCUT2D eigenvalue weighted by molar-refractivity contribution is -0.0185. The summed E-state index contributed by atoms with van der Waals surface area (Å²) >= 11 is 0. The average molecular weight is 408 g/mol. The number of carboxylic acid groups (broad SMARTS) is 3. The van der Waals surface area contributed by atoms with Crippen molar-refractivity contribution in [3.8, 4) is 0 Å². The van der Waals surface area contributed by atoms with Gasteiger partial charge in [-0.1, -0.05) is 0 Å². The predicted octanol–water partition coefficient (Wildman–Crippen LogP) is -2.04. The van der Waals surface area contributed by atoms with E-state index in [1.807, 2.05) is 0 Å². The van der Waals surface area contributed by atoms with Gasteiger partial charge in [-0.05, 0) is 0 Å². The van der Waals surface area contributed by atoms with Crippen LogP contribution < -0.4 is 0 Å². The van der Waals surface area contributed by atoms with Crippen molar-refractivity contribution in [3.63, 3.8) is 0 Å². The van der Waals surface area contributed by atoms with Crippen LogP contribution in [0.25, 0.3) is 0 Å². The summed E-state index contributed by atoms with van der Waals surface area (Å²) in [5.74, 6) is 0. The normalized spacial score (nSPS) is 20.0. The van der Waals surface area contributed by atoms with E-state index in [1.54, 1.807) is 0 Å². The molecule has 13 nitrogen and oxygen atoms in total. The van der Waals surface area contributed by atoms with Gasteiger partial charge in [0, 0.05) is 52.4 Å². The van der Waals surface area contributed by atoms with Crippen LogP contribution in [0.4, 0.5) is 14.4 Å². The molecule has 0 unspecified atom stereocenters. The predicted molar refractivity (Wildman–Crippen MR) is 94.3 cm³/mol. The van der Waals surface area contributed by atoms with Gasteiger partial charge in [-0.3, -0.25) is 4.90 Å². The molecule has 1 aliphatic heterocycles. The zero-order chi connectivity index (χ0) is 21.3. The number of hydrogen-bond donors (Lipinski definition) is 6. The first-order chi connectivity index (χ1) is 13.2. The number of aliphatic hydroxyl groups is 3. The average Bonchev–Trinajstić information content (AvgIpc) is 2.62. The van der Waals surface area contributed by atoms with E-state index in [-0.39, 0.29) is 52.4 Å². The van der Waals surface area contributed by atoms with Crippen molar-refractivity contribution in [2.45, 2.75) is 12.1 Å². The fourth-order valence-corrected chi connectivity index (χ4v) is 2.94. The van der Waals surface area contributed by atoms with Gasteiger partial charge < -0.3 is 45.3 Å². The van der Waals surface area contributed by atoms with Gasteiger partial charge in [0.05, 0.1) is 25.4 Å². The van der Waals surface area contributed by atoms with Crippen LogP contribution in [-0.2, 0) is 0 Å². The molecule has 1 rings (SSSR count). The number of nitrogens with zero attached hydrogens (tertiary/aromatic N) is 4. The van der Waals surface area contributed by atoms with Crippen LogP contribution in [0.15, 0.2) is 0 Å². The number of rotatable bonds is 4. The highest BCUT2D eigenvalue weighted by molar-refractivity contribution is 5.67. The Hall–Kier alpha value is -2.35. The number of amides is 3. The van der Waals surface area contributed by atoms with Gasteiger partial charge in [0.25, 0.3) is 0 Å². The van der Waals surface area contributed by atoms with E-state index in [0.717, 1.165) is 14.7 Å². The first kappa shape index (κ1) is 23.7. The van der Waals surface area contributed by atoms with Crippen LogP contribution >= 0.6 is 0 Å². The maximum atomic E-state index is 11.4. The van der Waals surface area contributed by atoms with E-state index in [4.69, 9.17) is 0 Å². The van der Waals surface area contributed by atoms with Crippen LogP contribution in [0, 0.1) is 0 Å². The highest BCUT2D eigenvalue weighted by Gasteiger charge is 2.28. The molecule has 0 bridgehead atoms. The molecular weight excluding hydrogens is 380 g/mol. The van der Waals surface area contributed by atoms with Crippen molar-refractivity contribution in [1.82, 2.24) is 19.6 Å². The Balaban J connectivity index is 3.05. The van der Waals surface area contributed by atoms with E-state index in [1.165, 1.54) is 4.90 Å². The monoisotopic (exact) mass is 408 g/mol. The van der Waals surface area contributed by atoms with Crippen molar-refractivity contribution in [2.24, 2.45) is 0 Å². The number of aliphatic hydroxyl groups excluding tert-OH is 3. The third-order valence-corrected chi connectivity index (χ3v) is 4.69. The Labute approximate surface area is 161 Å². The Bertz CT molecular complexity index is 506. The second-order valence-electron chi connectivity index (χ2n) is 6.34. The van der Waals surface area contributed by atoms with Crippen molar-refractivity contribution in [3.05, 3.63) is 0 Å². The molecule has 6 N–H and O–H groups in total. The first-order valence-electron chi connectivity index (χ1n) is 8.78. The smallest absolute Gasteiger partial charge is 0.407 e. The van der Waals surface area contributed by atoms with Crippen LogP contribution in [-0.4, -0.2) is 146 Å². The largest absolute Gasteiger partial charge is 0.465 e. The molecule has 0 radical (unpaired) electrons. The highest BCUT2D eigenvalue weighted by Crippen LogP contribution is 2.08. The summed E-state index contributed by atoms with van der Waals surface area (Å²) in [6, 6.07) is -0.908. The number of hydrogen-bond acceptors (Lipinski definition) is 7. The molecule has 2 atom stereocenters. The molecule has 3 amide bonds. The summed E-state index contributed by atoms with van der Waals surface area (Å²) in [7, 11) is 0. The van der Waals surface area contributed by atoms with Crippen LogP contribution in [0.5, 0.6) is 0 Å². The molecule has 0 aromatic rings. The molecule has 0 spiro atoms. The minimum Gasteiger partial charge on any atom is -0.465 e. The molecule has 1 fully saturated rings. The van der Waals surface area contributed by atoms with E-state index < -0.39 is 43.6 Å². The van der Waals surface area contributed by atoms with E-state index in [2.05, 4.69) is 0 Å². The molecule has 1 aliphatic rings. The Morgan fingerprint density at radius 3 is 1.21 bits per heavy atom. The van der Waals surface area contributed by atoms with Gasteiger partial charge in [0.2, 0.25) is 0 Å². The van der Waals surface area contributed by atoms with Crippen LogP contribution in [0.2, 0.25) is 0 Å². The third kappa shape index (κ3) is 6.99. The van der Waals surface area contributed by atoms with E-state index in [0.29, 0.717) is 0 Å². The lowest BCUT2D eigenvalue weighted by Gasteiger charge is -2.36. The molecule has 1 saturated heterocycles. The van der Waals surface area contributed by atoms with Gasteiger partial charge in [-0.25, -0.2) is 14.4 Å². The third-order valence-electron chi connectivity index (χ3n) is 4.69. The second kappa shape index (κ2) is 11.5. The van der Waals surface area contributed by atoms with Crippen molar-refractivity contribution >= 4 is 18.3 Å². The molecule has 1 heterocycles. The standard InChI is InChI=1S/C15H28N4O9/c20-9-11(12(22)10-21)16-1-3-17(13(23)24)5-7-19(15(27)28)8-6-18(4-2-16)14(25)26/h11-12,20-22H,1-10H2,(H,23,24)(H,25,26)(H,27,28)/t11-,12-/m0/s1. The van der Waals surface area contributed by atoms with Crippen molar-refractivity contribution in [2.75, 3.05) is 65.6 Å². The molecule has 0 saturated carbocycles. The molecular formula is C15H28N4O9. The SMILES string of the molecule is O=C(O)N1CCN(C(=O)O)CCN([C@@H](CO)[C@@H](O)CO)CCN(C(=O)O)CC1. The van der Waals surface area contributed by atoms with Gasteiger partial charge in [-0.15, -0.1) is 0 Å². The number of carbonyl (C=O) groups is 3. The molecule has 13 heteroatoms. The lowest BCUT2D eigenvalue weighted by Crippen LogP contribution is -2.54. The Kier molecular flexibility index (Phi) is 9.72. The van der Waals surface area contributed by atoms with Crippen LogP contribution in [0.3, 0.4) is 0 Å². The van der Waals surface area contributed by atoms with Gasteiger partial charge in [0.1, 0.15) is 0 Å². The summed E-state index contributed by atoms with van der Waals surface area (Å²) in [5.41, 5.74) is 0. The topological polar surface area (TPSA) is 186 Å². The molecule has 0 aromatic carbocycles. The minimum atomic E-state index is -1.29. The fourth-order valence-electron chi connectivity index (χ4n) is 2.94. The maximum Gasteiger partial charge on any atom is 0.407 e. The molecule has 0 aliphatic carbocycles. The molecule has 0 aromatic heterocycles. The summed E-state index contributed by atoms with van der Waals surface area (Å²) in [4.78, 5) is 38.7. The highest BCUT2D eigenvalue weighted by atomic mass is 16.4. The summed E-state index contributed by atoms with van der Waals surface area (Å²) in [5, 5.41) is 56.6. The summed E-state index contributed by atoms with van der Waals surface area (Å²) in [6.45, 7) is -1.63. The van der Waals surface area contributed by atoms with Gasteiger partial charge >= 0.3 is 18.3 Å². The van der Waals surface area contributed by atoms with E-state index in [9.17, 15) is 45.0 Å². The Morgan fingerprint density at radius 1 is 0.643 bits per heavy atom. The lowest BCUT2D eigenvalue weighted by atomic mass is 10.1. The van der Waals surface area contributed by atoms with E-state index >= 15 is 0 Å².